The van der Waals surface area contributed by atoms with Crippen LogP contribution in [0.25, 0.3) is 0 Å². The van der Waals surface area contributed by atoms with Crippen molar-refractivity contribution in [3.05, 3.63) is 35.4 Å². The van der Waals surface area contributed by atoms with Gasteiger partial charge in [-0.1, -0.05) is 31.0 Å². The van der Waals surface area contributed by atoms with Gasteiger partial charge in [0.1, 0.15) is 6.61 Å². The molecule has 1 saturated carbocycles. The van der Waals surface area contributed by atoms with Crippen LogP contribution in [0.2, 0.25) is 0 Å². The summed E-state index contributed by atoms with van der Waals surface area (Å²) in [5.74, 6) is -0.421. The number of esters is 1. The molecule has 1 aromatic rings. The van der Waals surface area contributed by atoms with Gasteiger partial charge in [0.05, 0.1) is 17.1 Å². The molecule has 1 heterocycles. The van der Waals surface area contributed by atoms with E-state index < -0.39 is 23.1 Å². The Kier molecular flexibility index (Phi) is 4.85. The van der Waals surface area contributed by atoms with E-state index in [1.54, 1.807) is 6.07 Å². The summed E-state index contributed by atoms with van der Waals surface area (Å²) in [7, 11) is 0. The van der Waals surface area contributed by atoms with Gasteiger partial charge in [-0.3, -0.25) is 4.79 Å². The highest BCUT2D eigenvalue weighted by Gasteiger charge is 2.45. The molecule has 1 aromatic carbocycles. The zero-order valence-corrected chi connectivity index (χ0v) is 13.4. The Morgan fingerprint density at radius 2 is 2.00 bits per heavy atom. The number of benzene rings is 1. The first-order valence-electron chi connectivity index (χ1n) is 8.38. The molecule has 3 nitrogen and oxygen atoms in total. The van der Waals surface area contributed by atoms with E-state index in [1.165, 1.54) is 6.07 Å². The molecule has 132 valence electrons. The fourth-order valence-corrected chi connectivity index (χ4v) is 3.66. The molecule has 0 aromatic heterocycles. The second-order valence-electron chi connectivity index (χ2n) is 6.60. The van der Waals surface area contributed by atoms with Gasteiger partial charge in [-0.25, -0.2) is 0 Å². The van der Waals surface area contributed by atoms with Gasteiger partial charge in [-0.05, 0) is 37.3 Å². The van der Waals surface area contributed by atoms with E-state index in [4.69, 9.17) is 9.47 Å². The van der Waals surface area contributed by atoms with Crippen molar-refractivity contribution in [1.29, 1.82) is 0 Å². The third kappa shape index (κ3) is 3.43. The Hall–Kier alpha value is -1.56. The van der Waals surface area contributed by atoms with E-state index in [0.29, 0.717) is 25.0 Å². The lowest BCUT2D eigenvalue weighted by atomic mass is 9.78. The molecule has 2 aliphatic rings. The molecule has 0 spiro atoms. The summed E-state index contributed by atoms with van der Waals surface area (Å²) < 4.78 is 49.9. The summed E-state index contributed by atoms with van der Waals surface area (Å²) in [5.41, 5.74) is -1.27. The maximum atomic E-state index is 13.0. The van der Waals surface area contributed by atoms with Crippen molar-refractivity contribution in [3.8, 4) is 0 Å². The smallest absolute Gasteiger partial charge is 0.416 e. The van der Waals surface area contributed by atoms with Gasteiger partial charge in [-0.2, -0.15) is 13.2 Å². The van der Waals surface area contributed by atoms with E-state index in [-0.39, 0.29) is 12.7 Å². The summed E-state index contributed by atoms with van der Waals surface area (Å²) in [6, 6.07) is 5.10. The van der Waals surface area contributed by atoms with Crippen molar-refractivity contribution >= 4 is 5.97 Å². The number of alkyl halides is 3. The highest BCUT2D eigenvalue weighted by Crippen LogP contribution is 2.43. The number of hydrogen-bond acceptors (Lipinski definition) is 3. The summed E-state index contributed by atoms with van der Waals surface area (Å²) in [6.07, 6.45) is -0.0373. The Balaban J connectivity index is 1.81. The van der Waals surface area contributed by atoms with Gasteiger partial charge in [0.25, 0.3) is 0 Å². The molecule has 6 heteroatoms. The monoisotopic (exact) mass is 342 g/mol. The van der Waals surface area contributed by atoms with Crippen molar-refractivity contribution < 1.29 is 27.4 Å². The Bertz CT molecular complexity index is 585. The molecule has 0 bridgehead atoms. The van der Waals surface area contributed by atoms with Crippen LogP contribution in [0.15, 0.2) is 24.3 Å². The molecule has 1 aliphatic carbocycles. The normalized spacial score (nSPS) is 23.4. The second-order valence-corrected chi connectivity index (χ2v) is 6.60. The Morgan fingerprint density at radius 3 is 2.62 bits per heavy atom. The van der Waals surface area contributed by atoms with Gasteiger partial charge >= 0.3 is 12.1 Å². The molecular weight excluding hydrogens is 321 g/mol. The number of halogens is 3. The van der Waals surface area contributed by atoms with Crippen LogP contribution in [0, 0.1) is 0 Å². The molecule has 1 saturated heterocycles. The Labute approximate surface area is 139 Å². The van der Waals surface area contributed by atoms with Crippen LogP contribution in [0.4, 0.5) is 13.2 Å². The highest BCUT2D eigenvalue weighted by molar-refractivity contribution is 5.83. The molecule has 24 heavy (non-hydrogen) atoms. The maximum Gasteiger partial charge on any atom is 0.416 e. The SMILES string of the molecule is O=C(OC[C@H]1CCCO1)C1(c2cccc(C(F)(F)F)c2)CCCC1. The first-order valence-corrected chi connectivity index (χ1v) is 8.38. The number of hydrogen-bond donors (Lipinski definition) is 0. The minimum Gasteiger partial charge on any atom is -0.462 e. The molecule has 0 N–H and O–H groups in total. The third-order valence-corrected chi connectivity index (χ3v) is 5.01. The van der Waals surface area contributed by atoms with Crippen LogP contribution in [-0.4, -0.2) is 25.3 Å². The lowest BCUT2D eigenvalue weighted by molar-refractivity contribution is -0.154. The fraction of sp³-hybridized carbons (Fsp3) is 0.611. The molecule has 0 unspecified atom stereocenters. The summed E-state index contributed by atoms with van der Waals surface area (Å²) >= 11 is 0. The average molecular weight is 342 g/mol. The van der Waals surface area contributed by atoms with Crippen LogP contribution < -0.4 is 0 Å². The van der Waals surface area contributed by atoms with Gasteiger partial charge in [-0.15, -0.1) is 0 Å². The molecule has 2 fully saturated rings. The van der Waals surface area contributed by atoms with Crippen LogP contribution in [0.3, 0.4) is 0 Å². The minimum atomic E-state index is -4.42. The number of ether oxygens (including phenoxy) is 2. The highest BCUT2D eigenvalue weighted by atomic mass is 19.4. The lowest BCUT2D eigenvalue weighted by Gasteiger charge is -2.28. The predicted molar refractivity (Wildman–Crippen MR) is 81.5 cm³/mol. The molecule has 1 atom stereocenters. The molecular formula is C18H21F3O3. The third-order valence-electron chi connectivity index (χ3n) is 5.01. The van der Waals surface area contributed by atoms with Gasteiger partial charge in [0.2, 0.25) is 0 Å². The standard InChI is InChI=1S/C18H21F3O3/c19-18(20,21)14-6-3-5-13(11-14)17(8-1-2-9-17)16(22)24-12-15-7-4-10-23-15/h3,5-6,11,15H,1-2,4,7-10,12H2/t15-/m1/s1. The molecule has 3 rings (SSSR count). The largest absolute Gasteiger partial charge is 0.462 e. The summed E-state index contributed by atoms with van der Waals surface area (Å²) in [6.45, 7) is 0.848. The second kappa shape index (κ2) is 6.75. The Morgan fingerprint density at radius 1 is 1.25 bits per heavy atom. The zero-order valence-electron chi connectivity index (χ0n) is 13.4. The topological polar surface area (TPSA) is 35.5 Å². The first kappa shape index (κ1) is 17.3. The van der Waals surface area contributed by atoms with Crippen LogP contribution in [0.1, 0.15) is 49.7 Å². The van der Waals surface area contributed by atoms with Crippen molar-refractivity contribution in [1.82, 2.24) is 0 Å². The quantitative estimate of drug-likeness (QED) is 0.768. The number of rotatable bonds is 4. The first-order chi connectivity index (χ1) is 11.4. The van der Waals surface area contributed by atoms with E-state index in [0.717, 1.165) is 37.8 Å². The van der Waals surface area contributed by atoms with Gasteiger partial charge in [0.15, 0.2) is 0 Å². The average Bonchev–Trinajstić information content (AvgIpc) is 3.24. The van der Waals surface area contributed by atoms with Crippen LogP contribution >= 0.6 is 0 Å². The predicted octanol–water partition coefficient (Wildman–Crippen LogP) is 4.24. The van der Waals surface area contributed by atoms with E-state index in [2.05, 4.69) is 0 Å². The zero-order chi connectivity index (χ0) is 17.2. The van der Waals surface area contributed by atoms with E-state index in [9.17, 15) is 18.0 Å². The van der Waals surface area contributed by atoms with Crippen molar-refractivity contribution in [2.45, 2.75) is 56.2 Å². The van der Waals surface area contributed by atoms with Crippen molar-refractivity contribution in [2.24, 2.45) is 0 Å². The maximum absolute atomic E-state index is 13.0. The molecule has 0 amide bonds. The van der Waals surface area contributed by atoms with Crippen LogP contribution in [0.5, 0.6) is 0 Å². The number of carbonyl (C=O) groups is 1. The van der Waals surface area contributed by atoms with Crippen molar-refractivity contribution in [3.63, 3.8) is 0 Å². The molecule has 0 radical (unpaired) electrons. The van der Waals surface area contributed by atoms with Gasteiger partial charge < -0.3 is 9.47 Å². The summed E-state index contributed by atoms with van der Waals surface area (Å²) in [4.78, 5) is 12.7. The van der Waals surface area contributed by atoms with Gasteiger partial charge in [0, 0.05) is 6.61 Å². The van der Waals surface area contributed by atoms with E-state index >= 15 is 0 Å². The summed E-state index contributed by atoms with van der Waals surface area (Å²) in [5, 5.41) is 0. The fourth-order valence-electron chi connectivity index (χ4n) is 3.66. The van der Waals surface area contributed by atoms with Crippen LogP contribution in [-0.2, 0) is 25.9 Å². The van der Waals surface area contributed by atoms with Crippen molar-refractivity contribution in [2.75, 3.05) is 13.2 Å². The minimum absolute atomic E-state index is 0.0890. The molecule has 1 aliphatic heterocycles. The lowest BCUT2D eigenvalue weighted by Crippen LogP contribution is -2.36. The number of carbonyl (C=O) groups excluding carboxylic acids is 1. The van der Waals surface area contributed by atoms with E-state index in [1.807, 2.05) is 0 Å².